The zero-order valence-electron chi connectivity index (χ0n) is 15.3. The minimum absolute atomic E-state index is 0.0368. The molecule has 0 aliphatic rings. The van der Waals surface area contributed by atoms with Crippen LogP contribution < -0.4 is 20.1 Å². The predicted octanol–water partition coefficient (Wildman–Crippen LogP) is 1.96. The molecular weight excluding hydrogens is 334 g/mol. The van der Waals surface area contributed by atoms with Crippen LogP contribution in [0.3, 0.4) is 0 Å². The number of hydrogen-bond acceptors (Lipinski definition) is 5. The molecule has 7 heteroatoms. The molecule has 0 unspecified atom stereocenters. The molecule has 0 radical (unpaired) electrons. The zero-order valence-corrected chi connectivity index (χ0v) is 15.3. The van der Waals surface area contributed by atoms with E-state index in [1.807, 2.05) is 37.3 Å². The van der Waals surface area contributed by atoms with Crippen molar-refractivity contribution in [2.45, 2.75) is 19.9 Å². The minimum atomic E-state index is -0.0368. The summed E-state index contributed by atoms with van der Waals surface area (Å²) in [6.45, 7) is 4.25. The summed E-state index contributed by atoms with van der Waals surface area (Å²) in [5.41, 5.74) is 1.00. The SMILES string of the molecule is CCNC(=NCc1ccc(OCCO)c(OC)c1)NCCc1ccco1. The third-order valence-corrected chi connectivity index (χ3v) is 3.58. The lowest BCUT2D eigenvalue weighted by Gasteiger charge is -2.12. The Morgan fingerprint density at radius 2 is 2.12 bits per heavy atom. The van der Waals surface area contributed by atoms with Crippen LogP contribution in [-0.2, 0) is 13.0 Å². The third kappa shape index (κ3) is 6.33. The molecule has 1 heterocycles. The number of hydrogen-bond donors (Lipinski definition) is 3. The summed E-state index contributed by atoms with van der Waals surface area (Å²) in [6.07, 6.45) is 2.47. The quantitative estimate of drug-likeness (QED) is 0.443. The average Bonchev–Trinajstić information content (AvgIpc) is 3.18. The highest BCUT2D eigenvalue weighted by atomic mass is 16.5. The van der Waals surface area contributed by atoms with Gasteiger partial charge in [0, 0.05) is 19.5 Å². The molecule has 26 heavy (non-hydrogen) atoms. The molecule has 142 valence electrons. The van der Waals surface area contributed by atoms with Crippen molar-refractivity contribution in [3.8, 4) is 11.5 Å². The van der Waals surface area contributed by atoms with Gasteiger partial charge in [0.2, 0.25) is 0 Å². The zero-order chi connectivity index (χ0) is 18.6. The van der Waals surface area contributed by atoms with Crippen LogP contribution in [0.15, 0.2) is 46.0 Å². The summed E-state index contributed by atoms with van der Waals surface area (Å²) in [7, 11) is 1.59. The van der Waals surface area contributed by atoms with Crippen molar-refractivity contribution in [3.63, 3.8) is 0 Å². The van der Waals surface area contributed by atoms with Crippen molar-refractivity contribution in [3.05, 3.63) is 47.9 Å². The first-order valence-electron chi connectivity index (χ1n) is 8.72. The Bertz CT molecular complexity index is 671. The van der Waals surface area contributed by atoms with Crippen molar-refractivity contribution in [1.29, 1.82) is 0 Å². The molecule has 7 nitrogen and oxygen atoms in total. The summed E-state index contributed by atoms with van der Waals surface area (Å²) >= 11 is 0. The number of aliphatic imine (C=N–C) groups is 1. The number of rotatable bonds is 10. The van der Waals surface area contributed by atoms with Crippen LogP contribution in [0.2, 0.25) is 0 Å². The summed E-state index contributed by atoms with van der Waals surface area (Å²) in [6, 6.07) is 9.50. The molecule has 0 bridgehead atoms. The topological polar surface area (TPSA) is 88.3 Å². The molecule has 2 aromatic rings. The van der Waals surface area contributed by atoms with Crippen LogP contribution >= 0.6 is 0 Å². The Balaban J connectivity index is 1.94. The maximum absolute atomic E-state index is 8.87. The Morgan fingerprint density at radius 3 is 2.81 bits per heavy atom. The number of nitrogens with zero attached hydrogens (tertiary/aromatic N) is 1. The van der Waals surface area contributed by atoms with Crippen LogP contribution in [-0.4, -0.2) is 44.5 Å². The van der Waals surface area contributed by atoms with Crippen molar-refractivity contribution in [2.75, 3.05) is 33.4 Å². The van der Waals surface area contributed by atoms with E-state index in [1.54, 1.807) is 13.4 Å². The van der Waals surface area contributed by atoms with E-state index in [-0.39, 0.29) is 13.2 Å². The average molecular weight is 361 g/mol. The van der Waals surface area contributed by atoms with E-state index in [0.717, 1.165) is 36.8 Å². The summed E-state index contributed by atoms with van der Waals surface area (Å²) in [5.74, 6) is 2.93. The van der Waals surface area contributed by atoms with Gasteiger partial charge in [0.05, 0.1) is 26.5 Å². The highest BCUT2D eigenvalue weighted by Crippen LogP contribution is 2.28. The number of aliphatic hydroxyl groups excluding tert-OH is 1. The second kappa shape index (κ2) is 11.0. The van der Waals surface area contributed by atoms with Gasteiger partial charge in [-0.15, -0.1) is 0 Å². The fraction of sp³-hybridized carbons (Fsp3) is 0.421. The van der Waals surface area contributed by atoms with E-state index in [2.05, 4.69) is 15.6 Å². The van der Waals surface area contributed by atoms with Crippen LogP contribution in [0.1, 0.15) is 18.2 Å². The number of nitrogens with one attached hydrogen (secondary N) is 2. The minimum Gasteiger partial charge on any atom is -0.493 e. The molecular formula is C19H27N3O4. The number of aliphatic hydroxyl groups is 1. The van der Waals surface area contributed by atoms with Gasteiger partial charge in [-0.25, -0.2) is 4.99 Å². The molecule has 0 aliphatic carbocycles. The van der Waals surface area contributed by atoms with E-state index >= 15 is 0 Å². The fourth-order valence-corrected chi connectivity index (χ4v) is 2.36. The number of methoxy groups -OCH3 is 1. The Kier molecular flexibility index (Phi) is 8.35. The highest BCUT2D eigenvalue weighted by molar-refractivity contribution is 5.79. The van der Waals surface area contributed by atoms with Gasteiger partial charge in [-0.3, -0.25) is 0 Å². The maximum atomic E-state index is 8.87. The molecule has 0 saturated heterocycles. The van der Waals surface area contributed by atoms with Gasteiger partial charge >= 0.3 is 0 Å². The van der Waals surface area contributed by atoms with Crippen molar-refractivity contribution in [2.24, 2.45) is 4.99 Å². The van der Waals surface area contributed by atoms with Gasteiger partial charge in [-0.1, -0.05) is 6.07 Å². The second-order valence-electron chi connectivity index (χ2n) is 5.51. The number of guanidine groups is 1. The number of benzene rings is 1. The molecule has 3 N–H and O–H groups in total. The Hall–Kier alpha value is -2.67. The fourth-order valence-electron chi connectivity index (χ4n) is 2.36. The maximum Gasteiger partial charge on any atom is 0.191 e. The van der Waals surface area contributed by atoms with Gasteiger partial charge in [-0.2, -0.15) is 0 Å². The molecule has 2 rings (SSSR count). The van der Waals surface area contributed by atoms with E-state index in [1.165, 1.54) is 0 Å². The van der Waals surface area contributed by atoms with E-state index < -0.39 is 0 Å². The highest BCUT2D eigenvalue weighted by Gasteiger charge is 2.06. The first kappa shape index (κ1) is 19.7. The first-order chi connectivity index (χ1) is 12.8. The first-order valence-corrected chi connectivity index (χ1v) is 8.72. The Morgan fingerprint density at radius 1 is 1.23 bits per heavy atom. The monoisotopic (exact) mass is 361 g/mol. The van der Waals surface area contributed by atoms with Crippen LogP contribution in [0.4, 0.5) is 0 Å². The van der Waals surface area contributed by atoms with E-state index in [4.69, 9.17) is 19.0 Å². The van der Waals surface area contributed by atoms with Crippen molar-refractivity contribution >= 4 is 5.96 Å². The molecule has 0 fully saturated rings. The molecule has 0 atom stereocenters. The van der Waals surface area contributed by atoms with Crippen LogP contribution in [0.5, 0.6) is 11.5 Å². The molecule has 1 aromatic heterocycles. The van der Waals surface area contributed by atoms with Gasteiger partial charge in [0.1, 0.15) is 12.4 Å². The molecule has 0 amide bonds. The standard InChI is InChI=1S/C19H27N3O4/c1-3-20-19(21-9-8-16-5-4-11-25-16)22-14-15-6-7-17(26-12-10-23)18(13-15)24-2/h4-7,11,13,23H,3,8-10,12,14H2,1-2H3,(H2,20,21,22). The van der Waals surface area contributed by atoms with E-state index in [9.17, 15) is 0 Å². The summed E-state index contributed by atoms with van der Waals surface area (Å²) in [4.78, 5) is 4.60. The van der Waals surface area contributed by atoms with E-state index in [0.29, 0.717) is 18.0 Å². The van der Waals surface area contributed by atoms with Crippen LogP contribution in [0.25, 0.3) is 0 Å². The van der Waals surface area contributed by atoms with Crippen LogP contribution in [0, 0.1) is 0 Å². The van der Waals surface area contributed by atoms with Gasteiger partial charge < -0.3 is 29.6 Å². The van der Waals surface area contributed by atoms with Crippen molar-refractivity contribution in [1.82, 2.24) is 10.6 Å². The smallest absolute Gasteiger partial charge is 0.191 e. The Labute approximate surface area is 154 Å². The third-order valence-electron chi connectivity index (χ3n) is 3.58. The lowest BCUT2D eigenvalue weighted by atomic mass is 10.2. The molecule has 0 saturated carbocycles. The lowest BCUT2D eigenvalue weighted by Crippen LogP contribution is -2.38. The largest absolute Gasteiger partial charge is 0.493 e. The molecule has 1 aromatic carbocycles. The summed E-state index contributed by atoms with van der Waals surface area (Å²) < 4.78 is 16.1. The number of ether oxygens (including phenoxy) is 2. The predicted molar refractivity (Wildman–Crippen MR) is 101 cm³/mol. The second-order valence-corrected chi connectivity index (χ2v) is 5.51. The normalized spacial score (nSPS) is 11.3. The molecule has 0 aliphatic heterocycles. The van der Waals surface area contributed by atoms with Gasteiger partial charge in [0.15, 0.2) is 17.5 Å². The van der Waals surface area contributed by atoms with Crippen molar-refractivity contribution < 1.29 is 19.0 Å². The lowest BCUT2D eigenvalue weighted by molar-refractivity contribution is 0.196. The molecule has 0 spiro atoms. The van der Waals surface area contributed by atoms with Gasteiger partial charge in [-0.05, 0) is 36.8 Å². The van der Waals surface area contributed by atoms with Gasteiger partial charge in [0.25, 0.3) is 0 Å². The summed E-state index contributed by atoms with van der Waals surface area (Å²) in [5, 5.41) is 15.4. The number of furan rings is 1.